The molecule has 4 nitrogen and oxygen atoms in total. The number of aliphatic hydroxyl groups is 1. The van der Waals surface area contributed by atoms with Gasteiger partial charge in [0.05, 0.1) is 17.8 Å². The van der Waals surface area contributed by atoms with Crippen LogP contribution in [0.15, 0.2) is 28.9 Å². The molecule has 108 valence electrons. The third-order valence-electron chi connectivity index (χ3n) is 3.04. The van der Waals surface area contributed by atoms with Gasteiger partial charge in [0.2, 0.25) is 0 Å². The zero-order chi connectivity index (χ0) is 14.7. The number of nitrogens with zero attached hydrogens (tertiary/aromatic N) is 2. The molecule has 1 aromatic heterocycles. The van der Waals surface area contributed by atoms with Gasteiger partial charge in [0.1, 0.15) is 17.6 Å². The summed E-state index contributed by atoms with van der Waals surface area (Å²) in [6.45, 7) is 2.67. The van der Waals surface area contributed by atoms with Gasteiger partial charge in [0, 0.05) is 12.1 Å². The second-order valence-electron chi connectivity index (χ2n) is 4.37. The highest BCUT2D eigenvalue weighted by Crippen LogP contribution is 2.34. The quantitative estimate of drug-likeness (QED) is 0.906. The zero-order valence-corrected chi connectivity index (χ0v) is 12.9. The molecule has 1 N–H and O–H groups in total. The summed E-state index contributed by atoms with van der Waals surface area (Å²) in [5.41, 5.74) is 0.974. The Balaban J connectivity index is 2.49. The van der Waals surface area contributed by atoms with E-state index < -0.39 is 11.9 Å². The molecule has 0 amide bonds. The fourth-order valence-electron chi connectivity index (χ4n) is 2.08. The first-order valence-electron chi connectivity index (χ1n) is 6.31. The lowest BCUT2D eigenvalue weighted by Gasteiger charge is -2.16. The van der Waals surface area contributed by atoms with Crippen LogP contribution in [0.25, 0.3) is 0 Å². The van der Waals surface area contributed by atoms with Crippen molar-refractivity contribution in [1.82, 2.24) is 9.78 Å². The average Bonchev–Trinajstić information content (AvgIpc) is 2.84. The molecule has 20 heavy (non-hydrogen) atoms. The van der Waals surface area contributed by atoms with Crippen LogP contribution < -0.4 is 4.74 Å². The van der Waals surface area contributed by atoms with Crippen molar-refractivity contribution in [1.29, 1.82) is 0 Å². The first kappa shape index (κ1) is 15.0. The molecule has 2 rings (SSSR count). The molecule has 0 saturated heterocycles. The highest BCUT2D eigenvalue weighted by atomic mass is 79.9. The highest BCUT2D eigenvalue weighted by Gasteiger charge is 2.24. The summed E-state index contributed by atoms with van der Waals surface area (Å²) < 4.78 is 20.8. The van der Waals surface area contributed by atoms with Crippen molar-refractivity contribution in [2.45, 2.75) is 26.0 Å². The Kier molecular flexibility index (Phi) is 4.77. The van der Waals surface area contributed by atoms with Gasteiger partial charge in [-0.15, -0.1) is 0 Å². The third-order valence-corrected chi connectivity index (χ3v) is 3.87. The molecule has 0 bridgehead atoms. The van der Waals surface area contributed by atoms with E-state index in [0.29, 0.717) is 23.6 Å². The minimum absolute atomic E-state index is 0.249. The SMILES string of the molecule is CCCn1ncc(OC)c1C(O)c1cccc(F)c1Br. The molecule has 0 aliphatic rings. The molecule has 0 spiro atoms. The number of ether oxygens (including phenoxy) is 1. The lowest BCUT2D eigenvalue weighted by molar-refractivity contribution is 0.200. The lowest BCUT2D eigenvalue weighted by Crippen LogP contribution is -2.12. The third kappa shape index (κ3) is 2.71. The molecule has 6 heteroatoms. The van der Waals surface area contributed by atoms with Gasteiger partial charge in [-0.3, -0.25) is 4.68 Å². The summed E-state index contributed by atoms with van der Waals surface area (Å²) >= 11 is 3.17. The molecule has 1 heterocycles. The van der Waals surface area contributed by atoms with Gasteiger partial charge in [-0.2, -0.15) is 5.10 Å². The minimum Gasteiger partial charge on any atom is -0.493 e. The Hall–Kier alpha value is -1.40. The van der Waals surface area contributed by atoms with Gasteiger partial charge < -0.3 is 9.84 Å². The van der Waals surface area contributed by atoms with E-state index in [4.69, 9.17) is 4.74 Å². The maximum atomic E-state index is 13.6. The summed E-state index contributed by atoms with van der Waals surface area (Å²) in [5, 5.41) is 14.8. The fourth-order valence-corrected chi connectivity index (χ4v) is 2.56. The van der Waals surface area contributed by atoms with Crippen LogP contribution >= 0.6 is 15.9 Å². The molecular weight excluding hydrogens is 327 g/mol. The maximum absolute atomic E-state index is 13.6. The van der Waals surface area contributed by atoms with Crippen LogP contribution in [0.2, 0.25) is 0 Å². The van der Waals surface area contributed by atoms with Crippen molar-refractivity contribution >= 4 is 15.9 Å². The van der Waals surface area contributed by atoms with Gasteiger partial charge >= 0.3 is 0 Å². The first-order chi connectivity index (χ1) is 9.60. The molecule has 0 aliphatic heterocycles. The summed E-state index contributed by atoms with van der Waals surface area (Å²) in [6.07, 6.45) is 1.42. The van der Waals surface area contributed by atoms with E-state index in [1.807, 2.05) is 6.92 Å². The molecule has 0 radical (unpaired) electrons. The van der Waals surface area contributed by atoms with E-state index in [1.54, 1.807) is 23.0 Å². The molecular formula is C14H16BrFN2O2. The summed E-state index contributed by atoms with van der Waals surface area (Å²) in [6, 6.07) is 4.56. The van der Waals surface area contributed by atoms with Crippen molar-refractivity contribution in [3.8, 4) is 5.75 Å². The minimum atomic E-state index is -1.01. The van der Waals surface area contributed by atoms with Crippen molar-refractivity contribution < 1.29 is 14.2 Å². The van der Waals surface area contributed by atoms with Crippen molar-refractivity contribution in [2.24, 2.45) is 0 Å². The van der Waals surface area contributed by atoms with Gasteiger partial charge in [-0.05, 0) is 28.4 Å². The molecule has 0 aliphatic carbocycles. The van der Waals surface area contributed by atoms with E-state index in [1.165, 1.54) is 13.2 Å². The van der Waals surface area contributed by atoms with Crippen LogP contribution in [0, 0.1) is 5.82 Å². The van der Waals surface area contributed by atoms with E-state index in [2.05, 4.69) is 21.0 Å². The number of aryl methyl sites for hydroxylation is 1. The number of halogens is 2. The Morgan fingerprint density at radius 3 is 2.90 bits per heavy atom. The topological polar surface area (TPSA) is 47.3 Å². The number of aromatic nitrogens is 2. The smallest absolute Gasteiger partial charge is 0.163 e. The molecule has 2 aromatic rings. The van der Waals surface area contributed by atoms with E-state index in [0.717, 1.165) is 6.42 Å². The van der Waals surface area contributed by atoms with Crippen LogP contribution in [0.5, 0.6) is 5.75 Å². The van der Waals surface area contributed by atoms with Crippen LogP contribution in [-0.2, 0) is 6.54 Å². The predicted octanol–water partition coefficient (Wildman–Crippen LogP) is 3.29. The molecule has 0 saturated carbocycles. The van der Waals surface area contributed by atoms with Crippen LogP contribution in [-0.4, -0.2) is 22.0 Å². The largest absolute Gasteiger partial charge is 0.493 e. The Morgan fingerprint density at radius 1 is 1.50 bits per heavy atom. The lowest BCUT2D eigenvalue weighted by atomic mass is 10.1. The number of benzene rings is 1. The normalized spacial score (nSPS) is 12.4. The van der Waals surface area contributed by atoms with Gasteiger partial charge in [0.15, 0.2) is 5.75 Å². The molecule has 0 fully saturated rings. The van der Waals surface area contributed by atoms with Crippen LogP contribution in [0.4, 0.5) is 4.39 Å². The number of methoxy groups -OCH3 is 1. The van der Waals surface area contributed by atoms with Crippen LogP contribution in [0.3, 0.4) is 0 Å². The van der Waals surface area contributed by atoms with E-state index in [-0.39, 0.29) is 4.47 Å². The summed E-state index contributed by atoms with van der Waals surface area (Å²) in [5.74, 6) is 0.0733. The molecule has 1 unspecified atom stereocenters. The number of hydrogen-bond donors (Lipinski definition) is 1. The van der Waals surface area contributed by atoms with Crippen molar-refractivity contribution in [2.75, 3.05) is 7.11 Å². The Labute approximate surface area is 125 Å². The second-order valence-corrected chi connectivity index (χ2v) is 5.16. The van der Waals surface area contributed by atoms with E-state index in [9.17, 15) is 9.50 Å². The number of rotatable bonds is 5. The van der Waals surface area contributed by atoms with Crippen molar-refractivity contribution in [3.05, 3.63) is 45.9 Å². The van der Waals surface area contributed by atoms with Gasteiger partial charge in [0.25, 0.3) is 0 Å². The number of aliphatic hydroxyl groups excluding tert-OH is 1. The second kappa shape index (κ2) is 6.37. The monoisotopic (exact) mass is 342 g/mol. The molecule has 1 atom stereocenters. The van der Waals surface area contributed by atoms with Crippen molar-refractivity contribution in [3.63, 3.8) is 0 Å². The summed E-state index contributed by atoms with van der Waals surface area (Å²) in [7, 11) is 1.52. The maximum Gasteiger partial charge on any atom is 0.163 e. The van der Waals surface area contributed by atoms with Gasteiger partial charge in [-0.1, -0.05) is 19.1 Å². The Morgan fingerprint density at radius 2 is 2.25 bits per heavy atom. The highest BCUT2D eigenvalue weighted by molar-refractivity contribution is 9.10. The Bertz CT molecular complexity index is 601. The van der Waals surface area contributed by atoms with E-state index >= 15 is 0 Å². The average molecular weight is 343 g/mol. The first-order valence-corrected chi connectivity index (χ1v) is 7.11. The molecule has 1 aromatic carbocycles. The van der Waals surface area contributed by atoms with Gasteiger partial charge in [-0.25, -0.2) is 4.39 Å². The predicted molar refractivity (Wildman–Crippen MR) is 77.2 cm³/mol. The zero-order valence-electron chi connectivity index (χ0n) is 11.3. The van der Waals surface area contributed by atoms with Crippen LogP contribution in [0.1, 0.15) is 30.7 Å². The standard InChI is InChI=1S/C14H16BrFN2O2/c1-3-7-18-13(11(20-2)8-17-18)14(19)9-5-4-6-10(16)12(9)15/h4-6,8,14,19H,3,7H2,1-2H3. The number of hydrogen-bond acceptors (Lipinski definition) is 3. The fraction of sp³-hybridized carbons (Fsp3) is 0.357. The summed E-state index contributed by atoms with van der Waals surface area (Å²) in [4.78, 5) is 0.